The topological polar surface area (TPSA) is 17.1 Å². The maximum Gasteiger partial charge on any atom is 0.128 e. The first-order chi connectivity index (χ1) is 6.88. The highest BCUT2D eigenvalue weighted by Crippen LogP contribution is 2.24. The Bertz CT molecular complexity index is 241. The molecule has 1 atom stereocenters. The van der Waals surface area contributed by atoms with Crippen LogP contribution in [0.4, 0.5) is 0 Å². The van der Waals surface area contributed by atoms with Crippen LogP contribution in [0.2, 0.25) is 0 Å². The monoisotopic (exact) mass is 210 g/mol. The first kappa shape index (κ1) is 11.4. The second-order valence-corrected chi connectivity index (χ2v) is 4.59. The molecule has 0 bridgehead atoms. The van der Waals surface area contributed by atoms with Crippen LogP contribution in [0.15, 0.2) is 17.5 Å². The van der Waals surface area contributed by atoms with E-state index in [0.717, 1.165) is 12.7 Å². The van der Waals surface area contributed by atoms with E-state index in [1.807, 2.05) is 11.4 Å². The van der Waals surface area contributed by atoms with Gasteiger partial charge in [0.25, 0.3) is 0 Å². The third-order valence-corrected chi connectivity index (χ3v) is 3.45. The fraction of sp³-hybridized carbons (Fsp3) is 0.583. The summed E-state index contributed by atoms with van der Waals surface area (Å²) >= 11 is 1.69. The summed E-state index contributed by atoms with van der Waals surface area (Å²) in [7, 11) is 0. The lowest BCUT2D eigenvalue weighted by Crippen LogP contribution is -1.97. The van der Waals surface area contributed by atoms with Gasteiger partial charge in [-0.25, -0.2) is 0 Å². The van der Waals surface area contributed by atoms with Crippen molar-refractivity contribution in [2.75, 3.05) is 0 Å². The Balaban J connectivity index is 2.29. The summed E-state index contributed by atoms with van der Waals surface area (Å²) in [6, 6.07) is 4.08. The molecule has 0 aliphatic rings. The first-order valence-corrected chi connectivity index (χ1v) is 6.25. The zero-order chi connectivity index (χ0) is 10.2. The quantitative estimate of drug-likeness (QED) is 0.491. The number of aldehydes is 1. The number of hydrogen-bond acceptors (Lipinski definition) is 2. The van der Waals surface area contributed by atoms with E-state index in [4.69, 9.17) is 0 Å². The van der Waals surface area contributed by atoms with E-state index in [2.05, 4.69) is 13.0 Å². The van der Waals surface area contributed by atoms with Crippen molar-refractivity contribution in [1.82, 2.24) is 0 Å². The van der Waals surface area contributed by atoms with E-state index in [1.54, 1.807) is 11.3 Å². The standard InChI is InChI=1S/C12H18OS/c1-2-3-4-5-7-11(10-13)12-8-6-9-14-12/h6,8-11H,2-5,7H2,1H3. The van der Waals surface area contributed by atoms with E-state index < -0.39 is 0 Å². The zero-order valence-corrected chi connectivity index (χ0v) is 9.56. The number of carbonyl (C=O) groups excluding carboxylic acids is 1. The number of hydrogen-bond donors (Lipinski definition) is 0. The molecule has 0 radical (unpaired) electrons. The predicted octanol–water partition coefficient (Wildman–Crippen LogP) is 4.00. The van der Waals surface area contributed by atoms with Crippen LogP contribution >= 0.6 is 11.3 Å². The van der Waals surface area contributed by atoms with Gasteiger partial charge in [-0.1, -0.05) is 38.7 Å². The summed E-state index contributed by atoms with van der Waals surface area (Å²) < 4.78 is 0. The van der Waals surface area contributed by atoms with Gasteiger partial charge in [-0.05, 0) is 17.9 Å². The van der Waals surface area contributed by atoms with Crippen LogP contribution in [-0.4, -0.2) is 6.29 Å². The smallest absolute Gasteiger partial charge is 0.128 e. The lowest BCUT2D eigenvalue weighted by molar-refractivity contribution is -0.109. The highest BCUT2D eigenvalue weighted by molar-refractivity contribution is 7.10. The molecule has 14 heavy (non-hydrogen) atoms. The zero-order valence-electron chi connectivity index (χ0n) is 8.74. The molecule has 2 heteroatoms. The van der Waals surface area contributed by atoms with Crippen LogP contribution in [0.5, 0.6) is 0 Å². The summed E-state index contributed by atoms with van der Waals surface area (Å²) in [5, 5.41) is 2.04. The summed E-state index contributed by atoms with van der Waals surface area (Å²) in [6.45, 7) is 2.20. The van der Waals surface area contributed by atoms with Gasteiger partial charge in [-0.2, -0.15) is 0 Å². The molecule has 1 nitrogen and oxygen atoms in total. The number of unbranched alkanes of at least 4 members (excludes halogenated alkanes) is 3. The van der Waals surface area contributed by atoms with Gasteiger partial charge in [0.15, 0.2) is 0 Å². The Morgan fingerprint density at radius 2 is 2.29 bits per heavy atom. The van der Waals surface area contributed by atoms with E-state index in [9.17, 15) is 4.79 Å². The average Bonchev–Trinajstić information content (AvgIpc) is 2.71. The molecule has 1 rings (SSSR count). The largest absolute Gasteiger partial charge is 0.303 e. The number of thiophene rings is 1. The molecule has 0 fully saturated rings. The van der Waals surface area contributed by atoms with Crippen LogP contribution < -0.4 is 0 Å². The van der Waals surface area contributed by atoms with Crippen molar-refractivity contribution in [3.05, 3.63) is 22.4 Å². The second kappa shape index (κ2) is 6.77. The van der Waals surface area contributed by atoms with Gasteiger partial charge in [0.05, 0.1) is 0 Å². The van der Waals surface area contributed by atoms with Crippen molar-refractivity contribution in [3.8, 4) is 0 Å². The Labute approximate surface area is 90.2 Å². The molecule has 0 N–H and O–H groups in total. The maximum absolute atomic E-state index is 10.9. The fourth-order valence-corrected chi connectivity index (χ4v) is 2.39. The number of rotatable bonds is 7. The van der Waals surface area contributed by atoms with Gasteiger partial charge < -0.3 is 4.79 Å². The lowest BCUT2D eigenvalue weighted by Gasteiger charge is -2.06. The molecule has 0 aliphatic heterocycles. The highest BCUT2D eigenvalue weighted by atomic mass is 32.1. The van der Waals surface area contributed by atoms with Gasteiger partial charge in [0, 0.05) is 10.8 Å². The van der Waals surface area contributed by atoms with Crippen molar-refractivity contribution >= 4 is 17.6 Å². The van der Waals surface area contributed by atoms with Gasteiger partial charge in [0.1, 0.15) is 6.29 Å². The fourth-order valence-electron chi connectivity index (χ4n) is 1.57. The first-order valence-electron chi connectivity index (χ1n) is 5.37. The maximum atomic E-state index is 10.9. The summed E-state index contributed by atoms with van der Waals surface area (Å²) in [4.78, 5) is 12.1. The minimum absolute atomic E-state index is 0.145. The van der Waals surface area contributed by atoms with Gasteiger partial charge >= 0.3 is 0 Å². The van der Waals surface area contributed by atoms with Crippen LogP contribution in [0.25, 0.3) is 0 Å². The minimum atomic E-state index is 0.145. The van der Waals surface area contributed by atoms with E-state index in [1.165, 1.54) is 30.6 Å². The summed E-state index contributed by atoms with van der Waals surface area (Å²) in [5.41, 5.74) is 0. The molecular weight excluding hydrogens is 192 g/mol. The predicted molar refractivity (Wildman–Crippen MR) is 61.9 cm³/mol. The molecule has 0 amide bonds. The molecule has 1 unspecified atom stereocenters. The molecule has 1 aromatic heterocycles. The van der Waals surface area contributed by atoms with Gasteiger partial charge in [0.2, 0.25) is 0 Å². The van der Waals surface area contributed by atoms with E-state index in [0.29, 0.717) is 0 Å². The van der Waals surface area contributed by atoms with Crippen LogP contribution in [0.3, 0.4) is 0 Å². The molecule has 0 saturated heterocycles. The van der Waals surface area contributed by atoms with E-state index >= 15 is 0 Å². The molecular formula is C12H18OS. The molecule has 0 aliphatic carbocycles. The highest BCUT2D eigenvalue weighted by Gasteiger charge is 2.10. The van der Waals surface area contributed by atoms with Crippen molar-refractivity contribution in [2.45, 2.75) is 44.9 Å². The molecule has 0 aromatic carbocycles. The summed E-state index contributed by atoms with van der Waals surface area (Å²) in [6.07, 6.45) is 7.09. The van der Waals surface area contributed by atoms with Crippen molar-refractivity contribution < 1.29 is 4.79 Å². The molecule has 78 valence electrons. The van der Waals surface area contributed by atoms with Crippen LogP contribution in [0.1, 0.15) is 49.8 Å². The van der Waals surface area contributed by atoms with Crippen LogP contribution in [-0.2, 0) is 4.79 Å². The number of carbonyl (C=O) groups is 1. The average molecular weight is 210 g/mol. The Morgan fingerprint density at radius 3 is 2.86 bits per heavy atom. The molecule has 0 spiro atoms. The van der Waals surface area contributed by atoms with Crippen molar-refractivity contribution in [3.63, 3.8) is 0 Å². The molecule has 1 aromatic rings. The normalized spacial score (nSPS) is 12.6. The molecule has 1 heterocycles. The Hall–Kier alpha value is -0.630. The van der Waals surface area contributed by atoms with Crippen molar-refractivity contribution in [2.24, 2.45) is 0 Å². The van der Waals surface area contributed by atoms with E-state index in [-0.39, 0.29) is 5.92 Å². The Kier molecular flexibility index (Phi) is 5.53. The second-order valence-electron chi connectivity index (χ2n) is 3.61. The third kappa shape index (κ3) is 3.62. The summed E-state index contributed by atoms with van der Waals surface area (Å²) in [5.74, 6) is 0.145. The van der Waals surface area contributed by atoms with Crippen LogP contribution in [0, 0.1) is 0 Å². The lowest BCUT2D eigenvalue weighted by atomic mass is 10.0. The van der Waals surface area contributed by atoms with Gasteiger partial charge in [-0.3, -0.25) is 0 Å². The van der Waals surface area contributed by atoms with Crippen molar-refractivity contribution in [1.29, 1.82) is 0 Å². The van der Waals surface area contributed by atoms with Gasteiger partial charge in [-0.15, -0.1) is 11.3 Å². The Morgan fingerprint density at radius 1 is 1.43 bits per heavy atom. The third-order valence-electron chi connectivity index (χ3n) is 2.44. The minimum Gasteiger partial charge on any atom is -0.303 e. The molecule has 0 saturated carbocycles. The SMILES string of the molecule is CCCCCCC(C=O)c1cccs1.